The van der Waals surface area contributed by atoms with Crippen LogP contribution < -0.4 is 10.1 Å². The second-order valence-electron chi connectivity index (χ2n) is 6.51. The lowest BCUT2D eigenvalue weighted by atomic mass is 9.93. The van der Waals surface area contributed by atoms with Gasteiger partial charge in [0.25, 0.3) is 0 Å². The highest BCUT2D eigenvalue weighted by Gasteiger charge is 2.21. The topological polar surface area (TPSA) is 21.3 Å². The molecule has 0 spiro atoms. The van der Waals surface area contributed by atoms with E-state index in [1.54, 1.807) is 0 Å². The van der Waals surface area contributed by atoms with E-state index < -0.39 is 0 Å². The molecule has 0 heterocycles. The van der Waals surface area contributed by atoms with Crippen molar-refractivity contribution in [2.45, 2.75) is 40.2 Å². The molecule has 0 atom stereocenters. The number of hydrogen-bond acceptors (Lipinski definition) is 2. The molecule has 0 unspecified atom stereocenters. The zero-order valence-corrected chi connectivity index (χ0v) is 13.6. The molecular formula is C15H24BrNO. The third kappa shape index (κ3) is 6.41. The summed E-state index contributed by atoms with van der Waals surface area (Å²) in [6.07, 6.45) is 0. The molecule has 0 aromatic heterocycles. The Bertz CT molecular complexity index is 382. The maximum absolute atomic E-state index is 5.85. The molecule has 0 aliphatic carbocycles. The standard InChI is InChI=1S/C15H24BrNO/c1-14(2,3)17-10-15(4,5)11-18-13-8-6-7-12(16)9-13/h6-9,17H,10-11H2,1-5H3. The molecule has 0 aliphatic heterocycles. The molecule has 102 valence electrons. The first-order valence-electron chi connectivity index (χ1n) is 6.31. The number of nitrogens with one attached hydrogen (secondary N) is 1. The van der Waals surface area contributed by atoms with Gasteiger partial charge in [-0.15, -0.1) is 0 Å². The van der Waals surface area contributed by atoms with Gasteiger partial charge in [0.2, 0.25) is 0 Å². The first-order chi connectivity index (χ1) is 8.18. The molecule has 3 heteroatoms. The quantitative estimate of drug-likeness (QED) is 0.877. The largest absolute Gasteiger partial charge is 0.493 e. The lowest BCUT2D eigenvalue weighted by molar-refractivity contribution is 0.166. The highest BCUT2D eigenvalue weighted by Crippen LogP contribution is 2.21. The van der Waals surface area contributed by atoms with Crippen LogP contribution in [0.25, 0.3) is 0 Å². The molecule has 18 heavy (non-hydrogen) atoms. The van der Waals surface area contributed by atoms with Gasteiger partial charge >= 0.3 is 0 Å². The minimum Gasteiger partial charge on any atom is -0.493 e. The Kier molecular flexibility index (Phi) is 5.23. The predicted molar refractivity (Wildman–Crippen MR) is 81.2 cm³/mol. The lowest BCUT2D eigenvalue weighted by Crippen LogP contribution is -2.43. The van der Waals surface area contributed by atoms with Crippen molar-refractivity contribution in [3.8, 4) is 5.75 Å². The van der Waals surface area contributed by atoms with E-state index in [2.05, 4.69) is 55.9 Å². The van der Waals surface area contributed by atoms with Crippen LogP contribution in [0, 0.1) is 5.41 Å². The summed E-state index contributed by atoms with van der Waals surface area (Å²) in [6, 6.07) is 7.96. The molecule has 1 aromatic carbocycles. The molecule has 1 rings (SSSR count). The Morgan fingerprint density at radius 2 is 1.83 bits per heavy atom. The zero-order chi connectivity index (χ0) is 13.8. The summed E-state index contributed by atoms with van der Waals surface area (Å²) in [5, 5.41) is 3.52. The molecule has 0 saturated carbocycles. The molecule has 0 radical (unpaired) electrons. The zero-order valence-electron chi connectivity index (χ0n) is 12.0. The van der Waals surface area contributed by atoms with Gasteiger partial charge in [0.15, 0.2) is 0 Å². The maximum Gasteiger partial charge on any atom is 0.120 e. The number of halogens is 1. The first-order valence-corrected chi connectivity index (χ1v) is 7.11. The Balaban J connectivity index is 2.46. The molecule has 0 bridgehead atoms. The summed E-state index contributed by atoms with van der Waals surface area (Å²) in [5.41, 5.74) is 0.253. The van der Waals surface area contributed by atoms with E-state index in [9.17, 15) is 0 Å². The van der Waals surface area contributed by atoms with Crippen LogP contribution in [0.5, 0.6) is 5.75 Å². The van der Waals surface area contributed by atoms with Crippen molar-refractivity contribution in [1.82, 2.24) is 5.32 Å². The van der Waals surface area contributed by atoms with Gasteiger partial charge in [-0.05, 0) is 39.0 Å². The van der Waals surface area contributed by atoms with Crippen molar-refractivity contribution < 1.29 is 4.74 Å². The van der Waals surface area contributed by atoms with E-state index in [1.807, 2.05) is 24.3 Å². The lowest BCUT2D eigenvalue weighted by Gasteiger charge is -2.30. The summed E-state index contributed by atoms with van der Waals surface area (Å²) >= 11 is 3.45. The minimum atomic E-state index is 0.107. The molecule has 2 nitrogen and oxygen atoms in total. The van der Waals surface area contributed by atoms with Crippen LogP contribution in [-0.2, 0) is 0 Å². The SMILES string of the molecule is CC(C)(CNC(C)(C)C)COc1cccc(Br)c1. The van der Waals surface area contributed by atoms with Crippen LogP contribution >= 0.6 is 15.9 Å². The van der Waals surface area contributed by atoms with E-state index in [1.165, 1.54) is 0 Å². The fourth-order valence-corrected chi connectivity index (χ4v) is 1.77. The summed E-state index contributed by atoms with van der Waals surface area (Å²) in [4.78, 5) is 0. The Morgan fingerprint density at radius 1 is 1.17 bits per heavy atom. The fraction of sp³-hybridized carbons (Fsp3) is 0.600. The second-order valence-corrected chi connectivity index (χ2v) is 7.43. The van der Waals surface area contributed by atoms with E-state index >= 15 is 0 Å². The summed E-state index contributed by atoms with van der Waals surface area (Å²) in [6.45, 7) is 12.6. The van der Waals surface area contributed by atoms with Crippen LogP contribution in [0.1, 0.15) is 34.6 Å². The van der Waals surface area contributed by atoms with Gasteiger partial charge in [-0.2, -0.15) is 0 Å². The first kappa shape index (κ1) is 15.5. The number of ether oxygens (including phenoxy) is 1. The third-order valence-corrected chi connectivity index (χ3v) is 3.02. The second kappa shape index (κ2) is 6.07. The number of benzene rings is 1. The van der Waals surface area contributed by atoms with Crippen LogP contribution in [0.3, 0.4) is 0 Å². The van der Waals surface area contributed by atoms with E-state index in [4.69, 9.17) is 4.74 Å². The van der Waals surface area contributed by atoms with Gasteiger partial charge in [-0.25, -0.2) is 0 Å². The Morgan fingerprint density at radius 3 is 2.39 bits per heavy atom. The van der Waals surface area contributed by atoms with E-state index in [0.29, 0.717) is 6.61 Å². The van der Waals surface area contributed by atoms with Gasteiger partial charge in [0.05, 0.1) is 6.61 Å². The molecular weight excluding hydrogens is 290 g/mol. The highest BCUT2D eigenvalue weighted by molar-refractivity contribution is 9.10. The van der Waals surface area contributed by atoms with Crippen LogP contribution in [0.4, 0.5) is 0 Å². The van der Waals surface area contributed by atoms with Crippen molar-refractivity contribution in [2.24, 2.45) is 5.41 Å². The molecule has 0 fully saturated rings. The average molecular weight is 314 g/mol. The van der Waals surface area contributed by atoms with Gasteiger partial charge in [0, 0.05) is 22.0 Å². The summed E-state index contributed by atoms with van der Waals surface area (Å²) in [7, 11) is 0. The normalized spacial score (nSPS) is 12.6. The molecule has 1 aromatic rings. The highest BCUT2D eigenvalue weighted by atomic mass is 79.9. The van der Waals surface area contributed by atoms with Gasteiger partial charge in [-0.3, -0.25) is 0 Å². The fourth-order valence-electron chi connectivity index (χ4n) is 1.39. The third-order valence-electron chi connectivity index (χ3n) is 2.52. The molecule has 0 saturated heterocycles. The van der Waals surface area contributed by atoms with E-state index in [-0.39, 0.29) is 11.0 Å². The average Bonchev–Trinajstić information content (AvgIpc) is 2.24. The van der Waals surface area contributed by atoms with Crippen LogP contribution in [0.15, 0.2) is 28.7 Å². The monoisotopic (exact) mass is 313 g/mol. The van der Waals surface area contributed by atoms with E-state index in [0.717, 1.165) is 16.8 Å². The van der Waals surface area contributed by atoms with Crippen LogP contribution in [0.2, 0.25) is 0 Å². The molecule has 0 amide bonds. The maximum atomic E-state index is 5.85. The predicted octanol–water partition coefficient (Wildman–Crippen LogP) is 4.24. The Labute approximate surface area is 119 Å². The van der Waals surface area contributed by atoms with Gasteiger partial charge in [0.1, 0.15) is 5.75 Å². The van der Waals surface area contributed by atoms with Crippen molar-refractivity contribution in [3.05, 3.63) is 28.7 Å². The van der Waals surface area contributed by atoms with Crippen molar-refractivity contribution in [2.75, 3.05) is 13.2 Å². The molecule has 1 N–H and O–H groups in total. The number of hydrogen-bond donors (Lipinski definition) is 1. The summed E-state index contributed by atoms with van der Waals surface area (Å²) in [5.74, 6) is 0.910. The van der Waals surface area contributed by atoms with Gasteiger partial charge < -0.3 is 10.1 Å². The summed E-state index contributed by atoms with van der Waals surface area (Å²) < 4.78 is 6.89. The Hall–Kier alpha value is -0.540. The minimum absolute atomic E-state index is 0.107. The van der Waals surface area contributed by atoms with Gasteiger partial charge in [-0.1, -0.05) is 35.8 Å². The number of rotatable bonds is 5. The van der Waals surface area contributed by atoms with Crippen molar-refractivity contribution in [3.63, 3.8) is 0 Å². The van der Waals surface area contributed by atoms with Crippen molar-refractivity contribution >= 4 is 15.9 Å². The molecule has 0 aliphatic rings. The smallest absolute Gasteiger partial charge is 0.120 e. The van der Waals surface area contributed by atoms with Crippen molar-refractivity contribution in [1.29, 1.82) is 0 Å². The van der Waals surface area contributed by atoms with Crippen LogP contribution in [-0.4, -0.2) is 18.7 Å².